The lowest BCUT2D eigenvalue weighted by Crippen LogP contribution is -2.58. The van der Waals surface area contributed by atoms with E-state index in [0.29, 0.717) is 19.4 Å². The van der Waals surface area contributed by atoms with Gasteiger partial charge in [0, 0.05) is 17.4 Å². The maximum absolute atomic E-state index is 14.0. The van der Waals surface area contributed by atoms with Crippen molar-refractivity contribution in [2.45, 2.75) is 74.5 Å². The largest absolute Gasteiger partial charge is 0.493 e. The number of nitrogens with zero attached hydrogens (tertiary/aromatic N) is 1. The number of benzene rings is 1. The molecule has 1 spiro atoms. The fraction of sp³-hybridized carbons (Fsp3) is 0.593. The van der Waals surface area contributed by atoms with E-state index < -0.39 is 24.0 Å². The van der Waals surface area contributed by atoms with Gasteiger partial charge in [-0.2, -0.15) is 0 Å². The number of thioether (sulfide) groups is 1. The van der Waals surface area contributed by atoms with Crippen molar-refractivity contribution in [3.63, 3.8) is 0 Å². The summed E-state index contributed by atoms with van der Waals surface area (Å²) in [6.45, 7) is 0.537. The maximum atomic E-state index is 14.0. The predicted molar refractivity (Wildman–Crippen MR) is 138 cm³/mol. The van der Waals surface area contributed by atoms with Crippen molar-refractivity contribution >= 4 is 29.5 Å². The van der Waals surface area contributed by atoms with Crippen LogP contribution in [0.25, 0.3) is 0 Å². The van der Waals surface area contributed by atoms with E-state index in [4.69, 9.17) is 11.2 Å². The van der Waals surface area contributed by atoms with Crippen LogP contribution >= 0.6 is 11.8 Å². The molecule has 4 aliphatic rings. The Morgan fingerprint density at radius 3 is 2.72 bits per heavy atom. The first kappa shape index (κ1) is 25.0. The van der Waals surface area contributed by atoms with Gasteiger partial charge in [-0.15, -0.1) is 18.2 Å². The van der Waals surface area contributed by atoms with E-state index in [1.807, 2.05) is 24.3 Å². The minimum absolute atomic E-state index is 0.0667. The Kier molecular flexibility index (Phi) is 7.18. The molecular formula is C27H34N4O4S. The van der Waals surface area contributed by atoms with Crippen molar-refractivity contribution in [1.29, 1.82) is 0 Å². The molecule has 3 heterocycles. The zero-order valence-electron chi connectivity index (χ0n) is 20.6. The standard InChI is InChI=1S/C27H34N4O4S/c1-3-18(28-2)24(32)30-20-11-15-36-22-16-27(12-6-7-13-27)23(31(22)26(20)34)25(33)29-19-10-14-35-21-9-5-4-8-17(19)21/h1,4-5,8-9,18-20,22-23,28H,6-7,10-16H2,2H3,(H,29,33)(H,30,32)/t18-,19+,20-,22?,23+/m0/s1. The summed E-state index contributed by atoms with van der Waals surface area (Å²) >= 11 is 1.72. The summed E-state index contributed by atoms with van der Waals surface area (Å²) in [4.78, 5) is 42.5. The second-order valence-electron chi connectivity index (χ2n) is 10.2. The number of hydrogen-bond acceptors (Lipinski definition) is 6. The lowest BCUT2D eigenvalue weighted by Gasteiger charge is -2.37. The molecule has 3 aliphatic heterocycles. The van der Waals surface area contributed by atoms with Crippen LogP contribution in [0.2, 0.25) is 0 Å². The third kappa shape index (κ3) is 4.46. The summed E-state index contributed by atoms with van der Waals surface area (Å²) in [6, 6.07) is 5.58. The molecule has 1 aromatic carbocycles. The van der Waals surface area contributed by atoms with Crippen LogP contribution in [0.15, 0.2) is 24.3 Å². The first-order valence-corrected chi connectivity index (χ1v) is 13.9. The molecule has 9 heteroatoms. The van der Waals surface area contributed by atoms with Gasteiger partial charge in [-0.05, 0) is 44.6 Å². The van der Waals surface area contributed by atoms with Crippen LogP contribution in [0.4, 0.5) is 0 Å². The van der Waals surface area contributed by atoms with Crippen molar-refractivity contribution < 1.29 is 19.1 Å². The fourth-order valence-electron chi connectivity index (χ4n) is 6.44. The highest BCUT2D eigenvalue weighted by atomic mass is 32.2. The molecule has 0 aromatic heterocycles. The second kappa shape index (κ2) is 10.3. The van der Waals surface area contributed by atoms with E-state index in [9.17, 15) is 14.4 Å². The molecule has 2 saturated heterocycles. The molecular weight excluding hydrogens is 476 g/mol. The summed E-state index contributed by atoms with van der Waals surface area (Å²) in [6.07, 6.45) is 11.5. The Bertz CT molecular complexity index is 1070. The highest BCUT2D eigenvalue weighted by Gasteiger charge is 2.59. The van der Waals surface area contributed by atoms with Crippen molar-refractivity contribution in [1.82, 2.24) is 20.9 Å². The van der Waals surface area contributed by atoms with E-state index in [1.165, 1.54) is 0 Å². The normalized spacial score (nSPS) is 29.3. The summed E-state index contributed by atoms with van der Waals surface area (Å²) in [5, 5.41) is 8.87. The van der Waals surface area contributed by atoms with Gasteiger partial charge >= 0.3 is 0 Å². The van der Waals surface area contributed by atoms with Crippen LogP contribution in [-0.2, 0) is 14.4 Å². The lowest BCUT2D eigenvalue weighted by atomic mass is 9.78. The molecule has 192 valence electrons. The van der Waals surface area contributed by atoms with Crippen LogP contribution in [0.5, 0.6) is 5.75 Å². The average Bonchev–Trinajstić information content (AvgIpc) is 3.44. The summed E-state index contributed by atoms with van der Waals surface area (Å²) in [7, 11) is 1.62. The number of terminal acetylenes is 1. The minimum Gasteiger partial charge on any atom is -0.493 e. The van der Waals surface area contributed by atoms with Gasteiger partial charge in [-0.25, -0.2) is 0 Å². The molecule has 1 unspecified atom stereocenters. The second-order valence-corrected chi connectivity index (χ2v) is 11.5. The van der Waals surface area contributed by atoms with Crippen molar-refractivity contribution in [2.24, 2.45) is 5.41 Å². The zero-order valence-corrected chi connectivity index (χ0v) is 21.4. The summed E-state index contributed by atoms with van der Waals surface area (Å²) < 4.78 is 5.78. The third-order valence-electron chi connectivity index (χ3n) is 8.18. The number of hydrogen-bond donors (Lipinski definition) is 3. The maximum Gasteiger partial charge on any atom is 0.250 e. The van der Waals surface area contributed by atoms with Gasteiger partial charge in [0.05, 0.1) is 18.0 Å². The smallest absolute Gasteiger partial charge is 0.250 e. The van der Waals surface area contributed by atoms with E-state index in [1.54, 1.807) is 23.7 Å². The predicted octanol–water partition coefficient (Wildman–Crippen LogP) is 1.96. The van der Waals surface area contributed by atoms with E-state index >= 15 is 0 Å². The van der Waals surface area contributed by atoms with Crippen molar-refractivity contribution in [3.05, 3.63) is 29.8 Å². The van der Waals surface area contributed by atoms with Gasteiger partial charge in [0.25, 0.3) is 0 Å². The van der Waals surface area contributed by atoms with E-state index in [2.05, 4.69) is 21.9 Å². The van der Waals surface area contributed by atoms with Gasteiger partial charge in [0.15, 0.2) is 0 Å². The number of ether oxygens (including phenoxy) is 1. The van der Waals surface area contributed by atoms with E-state index in [0.717, 1.165) is 49.2 Å². The van der Waals surface area contributed by atoms with Crippen LogP contribution in [0, 0.1) is 17.8 Å². The average molecular weight is 511 g/mol. The highest BCUT2D eigenvalue weighted by Crippen LogP contribution is 2.55. The van der Waals surface area contributed by atoms with Gasteiger partial charge in [-0.1, -0.05) is 37.0 Å². The number of amides is 3. The topological polar surface area (TPSA) is 99.8 Å². The van der Waals surface area contributed by atoms with Crippen molar-refractivity contribution in [3.8, 4) is 18.1 Å². The quantitative estimate of drug-likeness (QED) is 0.524. The molecule has 1 saturated carbocycles. The highest BCUT2D eigenvalue weighted by molar-refractivity contribution is 7.99. The monoisotopic (exact) mass is 510 g/mol. The van der Waals surface area contributed by atoms with Gasteiger partial charge in [0.1, 0.15) is 23.9 Å². The van der Waals surface area contributed by atoms with Crippen LogP contribution in [0.3, 0.4) is 0 Å². The Hall–Kier alpha value is -2.70. The molecule has 1 aromatic rings. The van der Waals surface area contributed by atoms with Crippen LogP contribution < -0.4 is 20.7 Å². The molecule has 3 amide bonds. The first-order chi connectivity index (χ1) is 17.5. The Morgan fingerprint density at radius 2 is 1.97 bits per heavy atom. The molecule has 3 N–H and O–H groups in total. The molecule has 1 aliphatic carbocycles. The van der Waals surface area contributed by atoms with Gasteiger partial charge in [0.2, 0.25) is 17.7 Å². The van der Waals surface area contributed by atoms with Crippen LogP contribution in [-0.4, -0.2) is 65.5 Å². The third-order valence-corrected chi connectivity index (χ3v) is 9.43. The number of para-hydroxylation sites is 1. The molecule has 36 heavy (non-hydrogen) atoms. The van der Waals surface area contributed by atoms with Crippen molar-refractivity contribution in [2.75, 3.05) is 19.4 Å². The summed E-state index contributed by atoms with van der Waals surface area (Å²) in [5.41, 5.74) is 0.751. The number of carbonyl (C=O) groups excluding carboxylic acids is 3. The number of nitrogens with one attached hydrogen (secondary N) is 3. The lowest BCUT2D eigenvalue weighted by molar-refractivity contribution is -0.144. The van der Waals surface area contributed by atoms with Gasteiger partial charge < -0.3 is 20.3 Å². The Balaban J connectivity index is 1.41. The molecule has 3 fully saturated rings. The Morgan fingerprint density at radius 1 is 1.19 bits per heavy atom. The molecule has 5 atom stereocenters. The molecule has 0 radical (unpaired) electrons. The molecule has 0 bridgehead atoms. The minimum atomic E-state index is -0.808. The molecule has 8 nitrogen and oxygen atoms in total. The molecule has 5 rings (SSSR count). The number of likely N-dealkylation sites (N-methyl/N-ethyl adjacent to an activating group) is 1. The zero-order chi connectivity index (χ0) is 25.3. The van der Waals surface area contributed by atoms with Gasteiger partial charge in [-0.3, -0.25) is 19.7 Å². The fourth-order valence-corrected chi connectivity index (χ4v) is 7.92. The number of rotatable bonds is 5. The SMILES string of the molecule is C#C[C@H](NC)C(=O)N[C@H]1CCSC2CC3(CCCC3)[C@@H](C(=O)N[C@@H]3CCOc4ccccc43)N2C1=O. The van der Waals surface area contributed by atoms with E-state index in [-0.39, 0.29) is 28.6 Å². The number of carbonyl (C=O) groups is 3. The summed E-state index contributed by atoms with van der Waals surface area (Å²) in [5.74, 6) is 3.27. The van der Waals surface area contributed by atoms with Crippen LogP contribution in [0.1, 0.15) is 56.6 Å². The Labute approximate surface area is 216 Å². The first-order valence-electron chi connectivity index (χ1n) is 12.9. The number of fused-ring (bicyclic) bond motifs is 2.